The van der Waals surface area contributed by atoms with Gasteiger partial charge in [-0.05, 0) is 61.2 Å². The van der Waals surface area contributed by atoms with E-state index in [1.165, 1.54) is 17.0 Å². The summed E-state index contributed by atoms with van der Waals surface area (Å²) < 4.78 is 25.2. The van der Waals surface area contributed by atoms with E-state index in [4.69, 9.17) is 5.11 Å². The summed E-state index contributed by atoms with van der Waals surface area (Å²) in [5, 5.41) is 33.0. The van der Waals surface area contributed by atoms with E-state index in [-0.39, 0.29) is 36.5 Å². The van der Waals surface area contributed by atoms with Crippen LogP contribution in [0.4, 0.5) is 11.4 Å². The van der Waals surface area contributed by atoms with Gasteiger partial charge in [0.1, 0.15) is 12.3 Å². The number of phenolic OH excluding ortho intramolecular Hbond substituents is 1. The molecule has 2 aromatic rings. The Morgan fingerprint density at radius 3 is 2.38 bits per heavy atom. The summed E-state index contributed by atoms with van der Waals surface area (Å²) in [4.78, 5) is 27.6. The summed E-state index contributed by atoms with van der Waals surface area (Å²) in [5.41, 5.74) is 1.95. The van der Waals surface area contributed by atoms with E-state index in [1.54, 1.807) is 18.2 Å². The number of aliphatic hydroxyl groups is 1. The minimum atomic E-state index is -3.57. The fourth-order valence-corrected chi connectivity index (χ4v) is 5.11. The molecule has 12 heteroatoms. The number of nitrogens with zero attached hydrogens (tertiary/aromatic N) is 2. The molecule has 2 aromatic carbocycles. The predicted octanol–water partition coefficient (Wildman–Crippen LogP) is 2.38. The molecular weight excluding hydrogens is 524 g/mol. The van der Waals surface area contributed by atoms with Gasteiger partial charge in [0, 0.05) is 43.5 Å². The van der Waals surface area contributed by atoms with Crippen LogP contribution in [0.3, 0.4) is 0 Å². The number of carboxylic acid groups (broad SMARTS) is 1. The Bertz CT molecular complexity index is 1230. The van der Waals surface area contributed by atoms with Crippen molar-refractivity contribution in [2.75, 3.05) is 48.6 Å². The molecule has 1 atom stereocenters. The molecule has 0 bridgehead atoms. The van der Waals surface area contributed by atoms with Crippen molar-refractivity contribution >= 4 is 33.3 Å². The molecule has 1 fully saturated rings. The van der Waals surface area contributed by atoms with E-state index in [0.717, 1.165) is 50.7 Å². The maximum atomic E-state index is 12.8. The van der Waals surface area contributed by atoms with Crippen LogP contribution in [-0.4, -0.2) is 85.5 Å². The number of aromatic hydroxyl groups is 1. The van der Waals surface area contributed by atoms with Gasteiger partial charge in [-0.25, -0.2) is 8.42 Å². The first-order valence-corrected chi connectivity index (χ1v) is 14.9. The van der Waals surface area contributed by atoms with Crippen molar-refractivity contribution in [1.82, 2.24) is 10.2 Å². The first kappa shape index (κ1) is 30.2. The maximum Gasteiger partial charge on any atom is 0.323 e. The third kappa shape index (κ3) is 9.12. The number of carbonyl (C=O) groups excluding carboxylic acids is 1. The van der Waals surface area contributed by atoms with Crippen molar-refractivity contribution in [2.45, 2.75) is 44.8 Å². The fourth-order valence-electron chi connectivity index (χ4n) is 4.54. The van der Waals surface area contributed by atoms with Gasteiger partial charge in [0.05, 0.1) is 18.0 Å². The number of benzene rings is 2. The Kier molecular flexibility index (Phi) is 10.6. The Morgan fingerprint density at radius 1 is 1.13 bits per heavy atom. The number of carboxylic acids is 1. The smallest absolute Gasteiger partial charge is 0.323 e. The van der Waals surface area contributed by atoms with E-state index in [9.17, 15) is 28.2 Å². The van der Waals surface area contributed by atoms with Crippen molar-refractivity contribution in [1.29, 1.82) is 0 Å². The van der Waals surface area contributed by atoms with Gasteiger partial charge in [0.2, 0.25) is 10.0 Å². The van der Waals surface area contributed by atoms with Crippen LogP contribution in [0.15, 0.2) is 42.5 Å². The molecule has 0 saturated carbocycles. The SMILES string of the molecule is CCCCN(CC(=O)O)C(=O)c1ccc(N2CCC(NC[C@H](O)c3ccc(O)c(NS(C)(=O)=O)c3)CC2)cc1. The van der Waals surface area contributed by atoms with Gasteiger partial charge in [0.25, 0.3) is 5.91 Å². The van der Waals surface area contributed by atoms with Crippen molar-refractivity contribution < 1.29 is 33.3 Å². The number of hydrogen-bond donors (Lipinski definition) is 5. The van der Waals surface area contributed by atoms with Gasteiger partial charge in [-0.3, -0.25) is 14.3 Å². The Hall–Kier alpha value is -3.35. The molecule has 1 amide bonds. The molecule has 5 N–H and O–H groups in total. The van der Waals surface area contributed by atoms with Crippen LogP contribution in [0.25, 0.3) is 0 Å². The molecule has 0 spiro atoms. The van der Waals surface area contributed by atoms with Crippen LogP contribution < -0.4 is 14.9 Å². The van der Waals surface area contributed by atoms with E-state index >= 15 is 0 Å². The molecule has 11 nitrogen and oxygen atoms in total. The number of aliphatic carboxylic acids is 1. The molecule has 0 radical (unpaired) electrons. The van der Waals surface area contributed by atoms with Crippen molar-refractivity contribution in [3.8, 4) is 5.75 Å². The quantitative estimate of drug-likeness (QED) is 0.231. The van der Waals surface area contributed by atoms with Crippen molar-refractivity contribution in [3.05, 3.63) is 53.6 Å². The number of amides is 1. The van der Waals surface area contributed by atoms with Crippen molar-refractivity contribution in [2.24, 2.45) is 0 Å². The van der Waals surface area contributed by atoms with Crippen LogP contribution in [0, 0.1) is 0 Å². The highest BCUT2D eigenvalue weighted by atomic mass is 32.2. The topological polar surface area (TPSA) is 160 Å². The number of sulfonamides is 1. The monoisotopic (exact) mass is 562 g/mol. The largest absolute Gasteiger partial charge is 0.506 e. The second-order valence-electron chi connectivity index (χ2n) is 9.86. The second-order valence-corrected chi connectivity index (χ2v) is 11.6. The molecule has 3 rings (SSSR count). The summed E-state index contributed by atoms with van der Waals surface area (Å²) in [6.07, 6.45) is 3.40. The van der Waals surface area contributed by atoms with Gasteiger partial charge < -0.3 is 30.4 Å². The summed E-state index contributed by atoms with van der Waals surface area (Å²) in [6.45, 7) is 3.92. The number of carbonyl (C=O) groups is 2. The molecule has 39 heavy (non-hydrogen) atoms. The van der Waals surface area contributed by atoms with E-state index < -0.39 is 22.1 Å². The average Bonchev–Trinajstić information content (AvgIpc) is 2.90. The van der Waals surface area contributed by atoms with Gasteiger partial charge in [-0.1, -0.05) is 19.4 Å². The molecular formula is C27H38N4O7S. The lowest BCUT2D eigenvalue weighted by Gasteiger charge is -2.34. The molecule has 1 aliphatic heterocycles. The van der Waals surface area contributed by atoms with E-state index in [1.807, 2.05) is 19.1 Å². The molecule has 0 aromatic heterocycles. The highest BCUT2D eigenvalue weighted by Crippen LogP contribution is 2.28. The number of anilines is 2. The Balaban J connectivity index is 1.51. The molecule has 214 valence electrons. The average molecular weight is 563 g/mol. The lowest BCUT2D eigenvalue weighted by atomic mass is 10.0. The number of phenols is 1. The molecule has 0 aliphatic carbocycles. The van der Waals surface area contributed by atoms with Crippen LogP contribution in [0.2, 0.25) is 0 Å². The van der Waals surface area contributed by atoms with Crippen LogP contribution in [0.1, 0.15) is 54.6 Å². The molecule has 1 heterocycles. The lowest BCUT2D eigenvalue weighted by molar-refractivity contribution is -0.137. The van der Waals surface area contributed by atoms with E-state index in [2.05, 4.69) is 14.9 Å². The minimum Gasteiger partial charge on any atom is -0.506 e. The zero-order valence-electron chi connectivity index (χ0n) is 22.3. The highest BCUT2D eigenvalue weighted by Gasteiger charge is 2.22. The highest BCUT2D eigenvalue weighted by molar-refractivity contribution is 7.92. The number of unbranched alkanes of at least 4 members (excludes halogenated alkanes) is 1. The first-order valence-electron chi connectivity index (χ1n) is 13.0. The zero-order chi connectivity index (χ0) is 28.6. The predicted molar refractivity (Wildman–Crippen MR) is 150 cm³/mol. The van der Waals surface area contributed by atoms with Gasteiger partial charge in [-0.15, -0.1) is 0 Å². The fraction of sp³-hybridized carbons (Fsp3) is 0.481. The molecule has 1 aliphatic rings. The Morgan fingerprint density at radius 2 is 1.79 bits per heavy atom. The number of nitrogens with one attached hydrogen (secondary N) is 2. The third-order valence-corrected chi connectivity index (χ3v) is 7.26. The number of piperidine rings is 1. The maximum absolute atomic E-state index is 12.8. The third-order valence-electron chi connectivity index (χ3n) is 6.67. The standard InChI is InChI=1S/C27H38N4O7S/c1-3-4-13-31(18-26(34)35)27(36)19-5-8-22(9-6-19)30-14-11-21(12-15-30)28-17-25(33)20-7-10-24(32)23(16-20)29-39(2,37)38/h5-10,16,21,25,28-29,32-33H,3-4,11-15,17-18H2,1-2H3,(H,34,35)/t25-/m0/s1. The summed E-state index contributed by atoms with van der Waals surface area (Å²) in [5.74, 6) is -1.54. The van der Waals surface area contributed by atoms with Crippen LogP contribution >= 0.6 is 0 Å². The molecule has 0 unspecified atom stereocenters. The molecule has 1 saturated heterocycles. The van der Waals surface area contributed by atoms with E-state index in [0.29, 0.717) is 17.7 Å². The van der Waals surface area contributed by atoms with Gasteiger partial charge >= 0.3 is 5.97 Å². The van der Waals surface area contributed by atoms with Crippen LogP contribution in [-0.2, 0) is 14.8 Å². The second kappa shape index (κ2) is 13.6. The number of rotatable bonds is 13. The van der Waals surface area contributed by atoms with Gasteiger partial charge in [-0.2, -0.15) is 0 Å². The van der Waals surface area contributed by atoms with Crippen molar-refractivity contribution in [3.63, 3.8) is 0 Å². The van der Waals surface area contributed by atoms with Gasteiger partial charge in [0.15, 0.2) is 0 Å². The normalized spacial score (nSPS) is 15.1. The summed E-state index contributed by atoms with van der Waals surface area (Å²) in [7, 11) is -3.57. The first-order chi connectivity index (χ1) is 18.5. The zero-order valence-corrected chi connectivity index (χ0v) is 23.2. The summed E-state index contributed by atoms with van der Waals surface area (Å²) >= 11 is 0. The number of hydrogen-bond acceptors (Lipinski definition) is 8. The minimum absolute atomic E-state index is 0.0191. The summed E-state index contributed by atoms with van der Waals surface area (Å²) in [6, 6.07) is 11.8. The van der Waals surface area contributed by atoms with Crippen LogP contribution in [0.5, 0.6) is 5.75 Å². The lowest BCUT2D eigenvalue weighted by Crippen LogP contribution is -2.43. The number of aliphatic hydroxyl groups excluding tert-OH is 1. The Labute approximate surface area is 229 Å².